The number of amides is 1. The van der Waals surface area contributed by atoms with E-state index in [1.165, 1.54) is 24.3 Å². The van der Waals surface area contributed by atoms with Crippen molar-refractivity contribution in [2.45, 2.75) is 13.8 Å². The molecule has 4 nitrogen and oxygen atoms in total. The lowest BCUT2D eigenvalue weighted by Gasteiger charge is -2.11. The summed E-state index contributed by atoms with van der Waals surface area (Å²) in [7, 11) is 0. The van der Waals surface area contributed by atoms with Crippen LogP contribution in [-0.2, 0) is 4.79 Å². The molecule has 4 aromatic rings. The number of carbonyl (C=O) groups excluding carboxylic acids is 1. The second-order valence-corrected chi connectivity index (χ2v) is 7.32. The second kappa shape index (κ2) is 8.29. The predicted octanol–water partition coefficient (Wildman–Crippen LogP) is 5.93. The summed E-state index contributed by atoms with van der Waals surface area (Å²) in [6.07, 6.45) is 1.58. The Bertz CT molecular complexity index is 1360. The molecule has 1 aromatic heterocycles. The average molecular weight is 409 g/mol. The highest BCUT2D eigenvalue weighted by Gasteiger charge is 2.14. The van der Waals surface area contributed by atoms with Crippen molar-refractivity contribution in [2.24, 2.45) is 0 Å². The minimum Gasteiger partial charge on any atom is -0.321 e. The molecule has 1 heterocycles. The second-order valence-electron chi connectivity index (χ2n) is 7.32. The van der Waals surface area contributed by atoms with Crippen molar-refractivity contribution >= 4 is 28.4 Å². The number of aromatic nitrogens is 1. The SMILES string of the molecule is Cc1cc(/C=C(\C#N)C(=O)Nc2ccc(F)cc2)c(C)n1-c1ccc2ccccc2c1. The van der Waals surface area contributed by atoms with Gasteiger partial charge >= 0.3 is 0 Å². The molecule has 0 saturated heterocycles. The van der Waals surface area contributed by atoms with Gasteiger partial charge in [0.25, 0.3) is 5.91 Å². The lowest BCUT2D eigenvalue weighted by Crippen LogP contribution is -2.13. The van der Waals surface area contributed by atoms with E-state index in [2.05, 4.69) is 40.2 Å². The number of nitrogens with zero attached hydrogens (tertiary/aromatic N) is 2. The van der Waals surface area contributed by atoms with Crippen molar-refractivity contribution in [3.8, 4) is 11.8 Å². The van der Waals surface area contributed by atoms with Gasteiger partial charge in [0.2, 0.25) is 0 Å². The molecule has 31 heavy (non-hydrogen) atoms. The molecule has 152 valence electrons. The molecule has 0 atom stereocenters. The molecule has 4 rings (SSSR count). The highest BCUT2D eigenvalue weighted by Crippen LogP contribution is 2.26. The van der Waals surface area contributed by atoms with E-state index < -0.39 is 11.7 Å². The molecular weight excluding hydrogens is 389 g/mol. The lowest BCUT2D eigenvalue weighted by atomic mass is 10.1. The minimum atomic E-state index is -0.537. The van der Waals surface area contributed by atoms with Crippen molar-refractivity contribution in [3.05, 3.63) is 101 Å². The molecule has 0 bridgehead atoms. The van der Waals surface area contributed by atoms with Crippen molar-refractivity contribution in [1.82, 2.24) is 4.57 Å². The van der Waals surface area contributed by atoms with Crippen LogP contribution in [0.2, 0.25) is 0 Å². The zero-order chi connectivity index (χ0) is 22.0. The molecule has 3 aromatic carbocycles. The molecule has 0 aliphatic carbocycles. The quantitative estimate of drug-likeness (QED) is 0.335. The number of carbonyl (C=O) groups is 1. The third kappa shape index (κ3) is 4.10. The Balaban J connectivity index is 1.67. The Morgan fingerprint density at radius 1 is 1.00 bits per heavy atom. The van der Waals surface area contributed by atoms with Gasteiger partial charge in [-0.25, -0.2) is 4.39 Å². The Morgan fingerprint density at radius 3 is 2.42 bits per heavy atom. The van der Waals surface area contributed by atoms with Crippen LogP contribution in [0.4, 0.5) is 10.1 Å². The van der Waals surface area contributed by atoms with Gasteiger partial charge in [-0.15, -0.1) is 0 Å². The first-order valence-corrected chi connectivity index (χ1v) is 9.83. The van der Waals surface area contributed by atoms with Gasteiger partial charge in [-0.05, 0) is 78.7 Å². The maximum atomic E-state index is 13.1. The van der Waals surface area contributed by atoms with Gasteiger partial charge in [0.05, 0.1) is 0 Å². The van der Waals surface area contributed by atoms with Crippen molar-refractivity contribution in [1.29, 1.82) is 5.26 Å². The molecule has 1 amide bonds. The van der Waals surface area contributed by atoms with Crippen LogP contribution in [0.25, 0.3) is 22.5 Å². The molecule has 0 aliphatic heterocycles. The van der Waals surface area contributed by atoms with Crippen molar-refractivity contribution < 1.29 is 9.18 Å². The molecule has 0 spiro atoms. The Hall–Kier alpha value is -4.17. The monoisotopic (exact) mass is 409 g/mol. The third-order valence-electron chi connectivity index (χ3n) is 5.23. The van der Waals surface area contributed by atoms with Crippen molar-refractivity contribution in [2.75, 3.05) is 5.32 Å². The molecule has 5 heteroatoms. The van der Waals surface area contributed by atoms with Gasteiger partial charge in [0.15, 0.2) is 0 Å². The van der Waals surface area contributed by atoms with E-state index in [1.807, 2.05) is 38.1 Å². The molecular formula is C26H20FN3O. The summed E-state index contributed by atoms with van der Waals surface area (Å²) in [4.78, 5) is 12.5. The van der Waals surface area contributed by atoms with Crippen molar-refractivity contribution in [3.63, 3.8) is 0 Å². The fraction of sp³-hybridized carbons (Fsp3) is 0.0769. The number of hydrogen-bond donors (Lipinski definition) is 1. The van der Waals surface area contributed by atoms with Gasteiger partial charge < -0.3 is 9.88 Å². The highest BCUT2D eigenvalue weighted by atomic mass is 19.1. The van der Waals surface area contributed by atoms with Crippen LogP contribution < -0.4 is 5.32 Å². The van der Waals surface area contributed by atoms with Crippen LogP contribution in [0, 0.1) is 31.0 Å². The van der Waals surface area contributed by atoms with E-state index in [4.69, 9.17) is 0 Å². The van der Waals surface area contributed by atoms with E-state index in [-0.39, 0.29) is 5.57 Å². The smallest absolute Gasteiger partial charge is 0.266 e. The summed E-state index contributed by atoms with van der Waals surface area (Å²) in [5.41, 5.74) is 4.13. The largest absolute Gasteiger partial charge is 0.321 e. The van der Waals surface area contributed by atoms with E-state index >= 15 is 0 Å². The molecule has 0 unspecified atom stereocenters. The van der Waals surface area contributed by atoms with Gasteiger partial charge in [0, 0.05) is 22.8 Å². The molecule has 0 radical (unpaired) electrons. The number of halogens is 1. The third-order valence-corrected chi connectivity index (χ3v) is 5.23. The summed E-state index contributed by atoms with van der Waals surface area (Å²) < 4.78 is 15.2. The average Bonchev–Trinajstić information content (AvgIpc) is 3.06. The number of nitrogens with one attached hydrogen (secondary N) is 1. The predicted molar refractivity (Wildman–Crippen MR) is 121 cm³/mol. The van der Waals surface area contributed by atoms with Crippen LogP contribution in [0.3, 0.4) is 0 Å². The Kier molecular flexibility index (Phi) is 5.38. The van der Waals surface area contributed by atoms with Gasteiger partial charge in [-0.3, -0.25) is 4.79 Å². The number of anilines is 1. The topological polar surface area (TPSA) is 57.8 Å². The Morgan fingerprint density at radius 2 is 1.71 bits per heavy atom. The number of nitriles is 1. The van der Waals surface area contributed by atoms with E-state index in [0.29, 0.717) is 5.69 Å². The summed E-state index contributed by atoms with van der Waals surface area (Å²) in [6, 6.07) is 23.7. The highest BCUT2D eigenvalue weighted by molar-refractivity contribution is 6.09. The molecule has 0 aliphatic rings. The first kappa shape index (κ1) is 20.1. The number of fused-ring (bicyclic) bond motifs is 1. The maximum absolute atomic E-state index is 13.1. The van der Waals surface area contributed by atoms with Gasteiger partial charge in [0.1, 0.15) is 17.5 Å². The van der Waals surface area contributed by atoms with E-state index in [1.54, 1.807) is 6.08 Å². The number of benzene rings is 3. The van der Waals surface area contributed by atoms with Crippen LogP contribution >= 0.6 is 0 Å². The van der Waals surface area contributed by atoms with E-state index in [0.717, 1.165) is 33.4 Å². The van der Waals surface area contributed by atoms with E-state index in [9.17, 15) is 14.4 Å². The maximum Gasteiger partial charge on any atom is 0.266 e. The first-order chi connectivity index (χ1) is 15.0. The Labute approximate surface area is 179 Å². The first-order valence-electron chi connectivity index (χ1n) is 9.83. The number of aryl methyl sites for hydroxylation is 1. The molecule has 0 saturated carbocycles. The van der Waals surface area contributed by atoms with Gasteiger partial charge in [-0.1, -0.05) is 30.3 Å². The summed E-state index contributed by atoms with van der Waals surface area (Å²) >= 11 is 0. The fourth-order valence-corrected chi connectivity index (χ4v) is 3.68. The lowest BCUT2D eigenvalue weighted by molar-refractivity contribution is -0.112. The fourth-order valence-electron chi connectivity index (χ4n) is 3.68. The summed E-state index contributed by atoms with van der Waals surface area (Å²) in [5, 5.41) is 14.5. The van der Waals surface area contributed by atoms with Crippen LogP contribution in [0.1, 0.15) is 17.0 Å². The van der Waals surface area contributed by atoms with Gasteiger partial charge in [-0.2, -0.15) is 5.26 Å². The zero-order valence-corrected chi connectivity index (χ0v) is 17.2. The number of hydrogen-bond acceptors (Lipinski definition) is 2. The normalized spacial score (nSPS) is 11.4. The molecule has 0 fully saturated rings. The summed E-state index contributed by atoms with van der Waals surface area (Å²) in [6.45, 7) is 3.95. The summed E-state index contributed by atoms with van der Waals surface area (Å²) in [5.74, 6) is -0.931. The minimum absolute atomic E-state index is 0.0249. The molecule has 1 N–H and O–H groups in total. The van der Waals surface area contributed by atoms with Crippen LogP contribution in [-0.4, -0.2) is 10.5 Å². The van der Waals surface area contributed by atoms with Crippen LogP contribution in [0.15, 0.2) is 78.4 Å². The zero-order valence-electron chi connectivity index (χ0n) is 17.2. The number of rotatable bonds is 4. The standard InChI is InChI=1S/C26H20FN3O/c1-17-13-21(14-22(16-28)26(31)29-24-10-8-23(27)9-11-24)18(2)30(17)25-12-7-19-5-3-4-6-20(19)15-25/h3-15H,1-2H3,(H,29,31)/b22-14+. The van der Waals surface area contributed by atoms with Crippen LogP contribution in [0.5, 0.6) is 0 Å².